The van der Waals surface area contributed by atoms with Gasteiger partial charge in [-0.2, -0.15) is 0 Å². The molecular weight excluding hydrogens is 248 g/mol. The van der Waals surface area contributed by atoms with Gasteiger partial charge in [0.2, 0.25) is 0 Å². The van der Waals surface area contributed by atoms with Gasteiger partial charge in [-0.3, -0.25) is 4.90 Å². The van der Waals surface area contributed by atoms with Gasteiger partial charge in [0.05, 0.1) is 6.33 Å². The van der Waals surface area contributed by atoms with Crippen molar-refractivity contribution in [2.75, 3.05) is 19.6 Å². The number of likely N-dealkylation sites (tertiary alicyclic amines) is 1. The lowest BCUT2D eigenvalue weighted by Crippen LogP contribution is -2.29. The van der Waals surface area contributed by atoms with Gasteiger partial charge in [-0.25, -0.2) is 4.98 Å². The van der Waals surface area contributed by atoms with E-state index < -0.39 is 0 Å². The SMILES string of the molecule is c1cn(-c2ccc(CN3C[C@H]4CCN[C@H]4C3)cc2)cn1. The molecule has 2 aliphatic rings. The fraction of sp³-hybridized carbons (Fsp3) is 0.438. The molecule has 0 radical (unpaired) electrons. The second-order valence-electron chi connectivity index (χ2n) is 5.94. The molecule has 0 amide bonds. The number of hydrogen-bond acceptors (Lipinski definition) is 3. The predicted molar refractivity (Wildman–Crippen MR) is 78.7 cm³/mol. The van der Waals surface area contributed by atoms with E-state index in [4.69, 9.17) is 0 Å². The summed E-state index contributed by atoms with van der Waals surface area (Å²) < 4.78 is 2.04. The second-order valence-corrected chi connectivity index (χ2v) is 5.94. The number of benzene rings is 1. The Hall–Kier alpha value is -1.65. The van der Waals surface area contributed by atoms with Crippen molar-refractivity contribution in [1.29, 1.82) is 0 Å². The van der Waals surface area contributed by atoms with Gasteiger partial charge in [0.15, 0.2) is 0 Å². The molecule has 2 atom stereocenters. The molecule has 20 heavy (non-hydrogen) atoms. The Kier molecular flexibility index (Phi) is 3.05. The number of imidazole rings is 1. The maximum absolute atomic E-state index is 4.08. The highest BCUT2D eigenvalue weighted by Gasteiger charge is 2.35. The Bertz CT molecular complexity index is 549. The van der Waals surface area contributed by atoms with Crippen molar-refractivity contribution in [2.24, 2.45) is 5.92 Å². The molecule has 2 saturated heterocycles. The minimum absolute atomic E-state index is 0.736. The normalized spacial score (nSPS) is 26.0. The summed E-state index contributed by atoms with van der Waals surface area (Å²) in [6.07, 6.45) is 6.97. The van der Waals surface area contributed by atoms with Gasteiger partial charge in [-0.15, -0.1) is 0 Å². The van der Waals surface area contributed by atoms with E-state index in [9.17, 15) is 0 Å². The van der Waals surface area contributed by atoms with E-state index >= 15 is 0 Å². The molecule has 2 aromatic rings. The van der Waals surface area contributed by atoms with Crippen LogP contribution in [0.3, 0.4) is 0 Å². The fourth-order valence-electron chi connectivity index (χ4n) is 3.51. The smallest absolute Gasteiger partial charge is 0.0991 e. The standard InChI is InChI=1S/C16H20N4/c1-3-15(20-8-7-17-12-20)4-2-13(1)9-19-10-14-5-6-18-16(14)11-19/h1-4,7-8,12,14,16,18H,5-6,9-11H2/t14-,16+/m1/s1. The molecule has 2 fully saturated rings. The molecule has 104 valence electrons. The van der Waals surface area contributed by atoms with Crippen LogP contribution in [0.25, 0.3) is 5.69 Å². The van der Waals surface area contributed by atoms with Crippen molar-refractivity contribution in [3.05, 3.63) is 48.5 Å². The molecule has 0 saturated carbocycles. The highest BCUT2D eigenvalue weighted by molar-refractivity contribution is 5.34. The van der Waals surface area contributed by atoms with Crippen LogP contribution in [-0.2, 0) is 6.54 Å². The van der Waals surface area contributed by atoms with Crippen molar-refractivity contribution < 1.29 is 0 Å². The van der Waals surface area contributed by atoms with E-state index in [1.807, 2.05) is 23.3 Å². The summed E-state index contributed by atoms with van der Waals surface area (Å²) in [6.45, 7) is 4.73. The Morgan fingerprint density at radius 2 is 2.10 bits per heavy atom. The van der Waals surface area contributed by atoms with Crippen molar-refractivity contribution in [1.82, 2.24) is 19.8 Å². The van der Waals surface area contributed by atoms with Gasteiger partial charge in [0.25, 0.3) is 0 Å². The quantitative estimate of drug-likeness (QED) is 0.919. The topological polar surface area (TPSA) is 33.1 Å². The number of rotatable bonds is 3. The lowest BCUT2D eigenvalue weighted by atomic mass is 10.1. The molecular formula is C16H20N4. The zero-order valence-corrected chi connectivity index (χ0v) is 11.6. The van der Waals surface area contributed by atoms with Crippen LogP contribution in [-0.4, -0.2) is 40.1 Å². The predicted octanol–water partition coefficient (Wildman–Crippen LogP) is 1.67. The largest absolute Gasteiger partial charge is 0.312 e. The Morgan fingerprint density at radius 1 is 1.20 bits per heavy atom. The zero-order valence-electron chi connectivity index (χ0n) is 11.6. The second kappa shape index (κ2) is 5.04. The maximum Gasteiger partial charge on any atom is 0.0991 e. The van der Waals surface area contributed by atoms with E-state index in [1.165, 1.54) is 37.3 Å². The molecule has 3 heterocycles. The summed E-state index contributed by atoms with van der Waals surface area (Å²) in [5, 5.41) is 3.61. The van der Waals surface area contributed by atoms with E-state index in [1.54, 1.807) is 0 Å². The van der Waals surface area contributed by atoms with Gasteiger partial charge >= 0.3 is 0 Å². The van der Waals surface area contributed by atoms with Crippen LogP contribution in [0.4, 0.5) is 0 Å². The van der Waals surface area contributed by atoms with Crippen LogP contribution in [0.1, 0.15) is 12.0 Å². The first kappa shape index (κ1) is 12.1. The fourth-order valence-corrected chi connectivity index (χ4v) is 3.51. The van der Waals surface area contributed by atoms with E-state index in [-0.39, 0.29) is 0 Å². The van der Waals surface area contributed by atoms with Crippen LogP contribution < -0.4 is 5.32 Å². The molecule has 0 bridgehead atoms. The summed E-state index contributed by atoms with van der Waals surface area (Å²) >= 11 is 0. The maximum atomic E-state index is 4.08. The summed E-state index contributed by atoms with van der Waals surface area (Å²) in [5.74, 6) is 0.875. The van der Waals surface area contributed by atoms with Crippen LogP contribution >= 0.6 is 0 Å². The third-order valence-corrected chi connectivity index (χ3v) is 4.58. The average molecular weight is 268 g/mol. The Balaban J connectivity index is 1.42. The highest BCUT2D eigenvalue weighted by atomic mass is 15.2. The first-order chi connectivity index (χ1) is 9.88. The summed E-state index contributed by atoms with van der Waals surface area (Å²) in [7, 11) is 0. The zero-order chi connectivity index (χ0) is 13.4. The monoisotopic (exact) mass is 268 g/mol. The first-order valence-electron chi connectivity index (χ1n) is 7.41. The first-order valence-corrected chi connectivity index (χ1v) is 7.41. The molecule has 4 heteroatoms. The van der Waals surface area contributed by atoms with Crippen LogP contribution in [0.5, 0.6) is 0 Å². The van der Waals surface area contributed by atoms with Crippen molar-refractivity contribution in [2.45, 2.75) is 19.0 Å². The third-order valence-electron chi connectivity index (χ3n) is 4.58. The van der Waals surface area contributed by atoms with Gasteiger partial charge in [0.1, 0.15) is 0 Å². The molecule has 0 unspecified atom stereocenters. The van der Waals surface area contributed by atoms with Gasteiger partial charge < -0.3 is 9.88 Å². The molecule has 4 nitrogen and oxygen atoms in total. The third kappa shape index (κ3) is 2.25. The lowest BCUT2D eigenvalue weighted by molar-refractivity contribution is 0.307. The van der Waals surface area contributed by atoms with E-state index in [0.717, 1.165) is 18.5 Å². The molecule has 1 aromatic heterocycles. The minimum atomic E-state index is 0.736. The van der Waals surface area contributed by atoms with Crippen molar-refractivity contribution in [3.63, 3.8) is 0 Å². The van der Waals surface area contributed by atoms with Gasteiger partial charge in [-0.1, -0.05) is 12.1 Å². The average Bonchev–Trinajstić information content (AvgIpc) is 3.15. The lowest BCUT2D eigenvalue weighted by Gasteiger charge is -2.17. The highest BCUT2D eigenvalue weighted by Crippen LogP contribution is 2.25. The van der Waals surface area contributed by atoms with E-state index in [2.05, 4.69) is 39.5 Å². The van der Waals surface area contributed by atoms with Crippen LogP contribution in [0.15, 0.2) is 43.0 Å². The van der Waals surface area contributed by atoms with Gasteiger partial charge in [0, 0.05) is 43.8 Å². The molecule has 4 rings (SSSR count). The van der Waals surface area contributed by atoms with Crippen molar-refractivity contribution in [3.8, 4) is 5.69 Å². The number of fused-ring (bicyclic) bond motifs is 1. The number of nitrogens with one attached hydrogen (secondary N) is 1. The van der Waals surface area contributed by atoms with Crippen LogP contribution in [0, 0.1) is 5.92 Å². The Labute approximate surface area is 119 Å². The number of nitrogens with zero attached hydrogens (tertiary/aromatic N) is 3. The Morgan fingerprint density at radius 3 is 2.85 bits per heavy atom. The molecule has 0 spiro atoms. The van der Waals surface area contributed by atoms with Gasteiger partial charge in [-0.05, 0) is 36.6 Å². The van der Waals surface area contributed by atoms with E-state index in [0.29, 0.717) is 0 Å². The molecule has 1 aromatic carbocycles. The number of aromatic nitrogens is 2. The van der Waals surface area contributed by atoms with Crippen LogP contribution in [0.2, 0.25) is 0 Å². The minimum Gasteiger partial charge on any atom is -0.312 e. The molecule has 0 aliphatic carbocycles. The summed E-state index contributed by atoms with van der Waals surface area (Å²) in [5.41, 5.74) is 2.57. The number of hydrogen-bond donors (Lipinski definition) is 1. The molecule has 1 N–H and O–H groups in total. The molecule has 2 aliphatic heterocycles. The van der Waals surface area contributed by atoms with Crippen molar-refractivity contribution >= 4 is 0 Å². The summed E-state index contributed by atoms with van der Waals surface area (Å²) in [4.78, 5) is 6.66. The summed E-state index contributed by atoms with van der Waals surface area (Å²) in [6, 6.07) is 9.55.